The summed E-state index contributed by atoms with van der Waals surface area (Å²) in [4.78, 5) is 14.3. The molecule has 1 N–H and O–H groups in total. The number of nitrogens with zero attached hydrogens (tertiary/aromatic N) is 1. The SMILES string of the molecule is CC(O)CN(C(=O)C1COc2ccccc21)C(C)C. The van der Waals surface area contributed by atoms with Crippen LogP contribution in [0.1, 0.15) is 32.3 Å². The highest BCUT2D eigenvalue weighted by Crippen LogP contribution is 2.34. The van der Waals surface area contributed by atoms with E-state index in [1.54, 1.807) is 11.8 Å². The topological polar surface area (TPSA) is 49.8 Å². The van der Waals surface area contributed by atoms with Crippen LogP contribution < -0.4 is 4.74 Å². The van der Waals surface area contributed by atoms with E-state index in [-0.39, 0.29) is 17.9 Å². The quantitative estimate of drug-likeness (QED) is 0.901. The lowest BCUT2D eigenvalue weighted by molar-refractivity contribution is -0.136. The molecule has 1 aliphatic heterocycles. The van der Waals surface area contributed by atoms with E-state index in [0.29, 0.717) is 13.2 Å². The number of para-hydroxylation sites is 1. The van der Waals surface area contributed by atoms with Crippen molar-refractivity contribution in [1.29, 1.82) is 0 Å². The summed E-state index contributed by atoms with van der Waals surface area (Å²) in [5.74, 6) is 0.569. The highest BCUT2D eigenvalue weighted by molar-refractivity contribution is 5.85. The third-order valence-electron chi connectivity index (χ3n) is 3.37. The Morgan fingerprint density at radius 1 is 1.42 bits per heavy atom. The minimum absolute atomic E-state index is 0.0286. The number of benzene rings is 1. The lowest BCUT2D eigenvalue weighted by Crippen LogP contribution is -2.44. The Hall–Kier alpha value is -1.55. The van der Waals surface area contributed by atoms with Crippen molar-refractivity contribution in [2.24, 2.45) is 0 Å². The van der Waals surface area contributed by atoms with Gasteiger partial charge in [-0.1, -0.05) is 18.2 Å². The first kappa shape index (κ1) is 13.9. The van der Waals surface area contributed by atoms with Gasteiger partial charge >= 0.3 is 0 Å². The first-order valence-electron chi connectivity index (χ1n) is 6.71. The smallest absolute Gasteiger partial charge is 0.234 e. The first-order chi connectivity index (χ1) is 9.00. The third-order valence-corrected chi connectivity index (χ3v) is 3.37. The van der Waals surface area contributed by atoms with Crippen LogP contribution in [0.25, 0.3) is 0 Å². The first-order valence-corrected chi connectivity index (χ1v) is 6.71. The van der Waals surface area contributed by atoms with Crippen LogP contribution in [0.2, 0.25) is 0 Å². The molecule has 2 unspecified atom stereocenters. The number of ether oxygens (including phenoxy) is 1. The van der Waals surface area contributed by atoms with Crippen LogP contribution in [0.5, 0.6) is 5.75 Å². The molecule has 0 fully saturated rings. The second-order valence-electron chi connectivity index (χ2n) is 5.33. The molecule has 1 aromatic rings. The van der Waals surface area contributed by atoms with E-state index < -0.39 is 6.10 Å². The van der Waals surface area contributed by atoms with Crippen LogP contribution >= 0.6 is 0 Å². The van der Waals surface area contributed by atoms with Crippen molar-refractivity contribution in [2.45, 2.75) is 38.8 Å². The Morgan fingerprint density at radius 3 is 2.74 bits per heavy atom. The molecule has 0 saturated carbocycles. The van der Waals surface area contributed by atoms with Crippen molar-refractivity contribution in [1.82, 2.24) is 4.90 Å². The van der Waals surface area contributed by atoms with Gasteiger partial charge in [-0.3, -0.25) is 4.79 Å². The third kappa shape index (κ3) is 2.89. The van der Waals surface area contributed by atoms with Gasteiger partial charge in [-0.15, -0.1) is 0 Å². The number of hydrogen-bond acceptors (Lipinski definition) is 3. The fourth-order valence-corrected chi connectivity index (χ4v) is 2.41. The number of fused-ring (bicyclic) bond motifs is 1. The molecule has 4 nitrogen and oxygen atoms in total. The van der Waals surface area contributed by atoms with Crippen LogP contribution in [0.15, 0.2) is 24.3 Å². The molecule has 0 saturated heterocycles. The van der Waals surface area contributed by atoms with Crippen molar-refractivity contribution in [3.8, 4) is 5.75 Å². The van der Waals surface area contributed by atoms with E-state index in [1.165, 1.54) is 0 Å². The Kier molecular flexibility index (Phi) is 4.10. The van der Waals surface area contributed by atoms with E-state index in [9.17, 15) is 9.90 Å². The van der Waals surface area contributed by atoms with Gasteiger partial charge in [-0.25, -0.2) is 0 Å². The van der Waals surface area contributed by atoms with Crippen molar-refractivity contribution in [2.75, 3.05) is 13.2 Å². The summed E-state index contributed by atoms with van der Waals surface area (Å²) in [5, 5.41) is 9.53. The van der Waals surface area contributed by atoms with Crippen molar-refractivity contribution in [3.05, 3.63) is 29.8 Å². The average molecular weight is 263 g/mol. The Labute approximate surface area is 114 Å². The predicted octanol–water partition coefficient (Wildman–Crippen LogP) is 1.78. The fraction of sp³-hybridized carbons (Fsp3) is 0.533. The van der Waals surface area contributed by atoms with Gasteiger partial charge < -0.3 is 14.7 Å². The molecule has 2 rings (SSSR count). The highest BCUT2D eigenvalue weighted by atomic mass is 16.5. The van der Waals surface area contributed by atoms with Gasteiger partial charge in [-0.05, 0) is 26.8 Å². The summed E-state index contributed by atoms with van der Waals surface area (Å²) in [6.07, 6.45) is -0.524. The molecule has 0 aromatic heterocycles. The summed E-state index contributed by atoms with van der Waals surface area (Å²) >= 11 is 0. The van der Waals surface area contributed by atoms with Crippen LogP contribution in [-0.4, -0.2) is 41.2 Å². The Balaban J connectivity index is 2.19. The van der Waals surface area contributed by atoms with Crippen LogP contribution in [0.4, 0.5) is 0 Å². The zero-order valence-electron chi connectivity index (χ0n) is 11.7. The maximum Gasteiger partial charge on any atom is 0.234 e. The summed E-state index contributed by atoms with van der Waals surface area (Å²) in [7, 11) is 0. The molecule has 1 aliphatic rings. The van der Waals surface area contributed by atoms with Gasteiger partial charge in [0, 0.05) is 18.2 Å². The van der Waals surface area contributed by atoms with Crippen molar-refractivity contribution < 1.29 is 14.6 Å². The monoisotopic (exact) mass is 263 g/mol. The lowest BCUT2D eigenvalue weighted by Gasteiger charge is -2.30. The maximum atomic E-state index is 12.6. The van der Waals surface area contributed by atoms with E-state index in [0.717, 1.165) is 11.3 Å². The fourth-order valence-electron chi connectivity index (χ4n) is 2.41. The van der Waals surface area contributed by atoms with E-state index in [4.69, 9.17) is 4.74 Å². The largest absolute Gasteiger partial charge is 0.492 e. The number of carbonyl (C=O) groups is 1. The van der Waals surface area contributed by atoms with Gasteiger partial charge in [0.2, 0.25) is 5.91 Å². The second-order valence-corrected chi connectivity index (χ2v) is 5.33. The number of amides is 1. The van der Waals surface area contributed by atoms with Crippen molar-refractivity contribution in [3.63, 3.8) is 0 Å². The molecular formula is C15H21NO3. The van der Waals surface area contributed by atoms with Gasteiger partial charge in [0.05, 0.1) is 6.10 Å². The molecular weight excluding hydrogens is 242 g/mol. The minimum atomic E-state index is -0.524. The summed E-state index contributed by atoms with van der Waals surface area (Å²) in [5.41, 5.74) is 0.948. The highest BCUT2D eigenvalue weighted by Gasteiger charge is 2.34. The van der Waals surface area contributed by atoms with Gasteiger partial charge in [0.1, 0.15) is 18.3 Å². The number of rotatable bonds is 4. The molecule has 0 bridgehead atoms. The van der Waals surface area contributed by atoms with E-state index >= 15 is 0 Å². The Morgan fingerprint density at radius 2 is 2.11 bits per heavy atom. The van der Waals surface area contributed by atoms with E-state index in [1.807, 2.05) is 38.1 Å². The van der Waals surface area contributed by atoms with Gasteiger partial charge in [0.15, 0.2) is 0 Å². The Bertz CT molecular complexity index is 456. The lowest BCUT2D eigenvalue weighted by atomic mass is 9.99. The van der Waals surface area contributed by atoms with Crippen LogP contribution in [-0.2, 0) is 4.79 Å². The van der Waals surface area contributed by atoms with E-state index in [2.05, 4.69) is 0 Å². The maximum absolute atomic E-state index is 12.6. The number of aliphatic hydroxyl groups is 1. The van der Waals surface area contributed by atoms with Crippen LogP contribution in [0, 0.1) is 0 Å². The molecule has 1 amide bonds. The molecule has 1 heterocycles. The van der Waals surface area contributed by atoms with Crippen molar-refractivity contribution >= 4 is 5.91 Å². The summed E-state index contributed by atoms with van der Waals surface area (Å²) < 4.78 is 5.56. The number of hydrogen-bond donors (Lipinski definition) is 1. The molecule has 0 radical (unpaired) electrons. The zero-order chi connectivity index (χ0) is 14.0. The molecule has 104 valence electrons. The molecule has 19 heavy (non-hydrogen) atoms. The second kappa shape index (κ2) is 5.61. The molecule has 0 spiro atoms. The van der Waals surface area contributed by atoms with Gasteiger partial charge in [-0.2, -0.15) is 0 Å². The normalized spacial score (nSPS) is 18.9. The van der Waals surface area contributed by atoms with Crippen LogP contribution in [0.3, 0.4) is 0 Å². The predicted molar refractivity (Wildman–Crippen MR) is 73.2 cm³/mol. The molecule has 0 aliphatic carbocycles. The van der Waals surface area contributed by atoms with Gasteiger partial charge in [0.25, 0.3) is 0 Å². The molecule has 4 heteroatoms. The average Bonchev–Trinajstić information content (AvgIpc) is 2.78. The number of carbonyl (C=O) groups excluding carboxylic acids is 1. The molecule has 2 atom stereocenters. The molecule has 1 aromatic carbocycles. The summed E-state index contributed by atoms with van der Waals surface area (Å²) in [6.45, 7) is 6.36. The zero-order valence-corrected chi connectivity index (χ0v) is 11.7. The minimum Gasteiger partial charge on any atom is -0.492 e. The standard InChI is InChI=1S/C15H21NO3/c1-10(2)16(8-11(3)17)15(18)13-9-19-14-7-5-4-6-12(13)14/h4-7,10-11,13,17H,8-9H2,1-3H3. The summed E-state index contributed by atoms with van der Waals surface area (Å²) in [6, 6.07) is 7.71. The number of aliphatic hydroxyl groups excluding tert-OH is 1.